The first kappa shape index (κ1) is 36.5. The summed E-state index contributed by atoms with van der Waals surface area (Å²) in [5.74, 6) is -0.549. The van der Waals surface area contributed by atoms with Gasteiger partial charge in [0, 0.05) is 47.9 Å². The zero-order chi connectivity index (χ0) is 40.3. The molecule has 0 saturated carbocycles. The molecule has 1 atom stereocenters. The average molecular weight is 778 g/mol. The highest BCUT2D eigenvalue weighted by atomic mass is 16.5. The van der Waals surface area contributed by atoms with Gasteiger partial charge in [0.15, 0.2) is 22.7 Å². The van der Waals surface area contributed by atoms with Crippen molar-refractivity contribution >= 4 is 34.6 Å². The molecule has 6 aromatic heterocycles. The lowest BCUT2D eigenvalue weighted by Gasteiger charge is -2.35. The number of carbonyl (C=O) groups excluding carboxylic acids is 2. The van der Waals surface area contributed by atoms with E-state index in [0.29, 0.717) is 88.4 Å². The highest BCUT2D eigenvalue weighted by Gasteiger charge is 2.30. The van der Waals surface area contributed by atoms with Crippen LogP contribution in [-0.2, 0) is 11.3 Å². The SMILES string of the molecule is N#Cc1ccccc1-c1ccc2ncc(C(=O)Nc3cccc(CN4CCOCC4c4cc(-c5ccccc5C#N)nn5c(C(=O)Nc6ccncc6)cnc45)n3)n2n1. The summed E-state index contributed by atoms with van der Waals surface area (Å²) in [6.07, 6.45) is 6.10. The Balaban J connectivity index is 1.02. The van der Waals surface area contributed by atoms with Crippen LogP contribution in [0.2, 0.25) is 0 Å². The number of amides is 2. The van der Waals surface area contributed by atoms with Crippen molar-refractivity contribution in [2.24, 2.45) is 0 Å². The molecule has 0 spiro atoms. The number of carbonyl (C=O) groups is 2. The molecule has 2 aromatic carbocycles. The molecule has 59 heavy (non-hydrogen) atoms. The van der Waals surface area contributed by atoms with Crippen molar-refractivity contribution < 1.29 is 14.3 Å². The number of hydrogen-bond donors (Lipinski definition) is 2. The third kappa shape index (κ3) is 7.20. The van der Waals surface area contributed by atoms with Crippen LogP contribution < -0.4 is 10.6 Å². The van der Waals surface area contributed by atoms with Gasteiger partial charge in [0.2, 0.25) is 0 Å². The zero-order valence-electron chi connectivity index (χ0n) is 31.1. The van der Waals surface area contributed by atoms with Gasteiger partial charge in [-0.05, 0) is 54.6 Å². The molecule has 7 heterocycles. The third-order valence-corrected chi connectivity index (χ3v) is 9.92. The number of rotatable bonds is 9. The van der Waals surface area contributed by atoms with E-state index in [1.165, 1.54) is 21.4 Å². The summed E-state index contributed by atoms with van der Waals surface area (Å²) in [5.41, 5.74) is 6.45. The Labute approximate surface area is 336 Å². The maximum Gasteiger partial charge on any atom is 0.277 e. The van der Waals surface area contributed by atoms with Crippen molar-refractivity contribution in [3.05, 3.63) is 156 Å². The molecule has 0 radical (unpaired) electrons. The Morgan fingerprint density at radius 2 is 1.46 bits per heavy atom. The molecule has 16 heteroatoms. The maximum absolute atomic E-state index is 13.7. The van der Waals surface area contributed by atoms with Gasteiger partial charge in [0.1, 0.15) is 5.82 Å². The fourth-order valence-corrected chi connectivity index (χ4v) is 7.07. The highest BCUT2D eigenvalue weighted by molar-refractivity contribution is 6.04. The molecule has 16 nitrogen and oxygen atoms in total. The van der Waals surface area contributed by atoms with E-state index in [0.717, 1.165) is 5.56 Å². The Morgan fingerprint density at radius 3 is 2.24 bits per heavy atom. The predicted octanol–water partition coefficient (Wildman–Crippen LogP) is 5.72. The molecule has 286 valence electrons. The number of pyridine rings is 2. The van der Waals surface area contributed by atoms with Crippen molar-refractivity contribution in [3.8, 4) is 34.7 Å². The summed E-state index contributed by atoms with van der Waals surface area (Å²) in [6.45, 7) is 1.70. The van der Waals surface area contributed by atoms with E-state index in [2.05, 4.69) is 47.7 Å². The van der Waals surface area contributed by atoms with Gasteiger partial charge < -0.3 is 15.4 Å². The van der Waals surface area contributed by atoms with E-state index in [-0.39, 0.29) is 17.4 Å². The second-order valence-electron chi connectivity index (χ2n) is 13.5. The third-order valence-electron chi connectivity index (χ3n) is 9.92. The van der Waals surface area contributed by atoms with Crippen LogP contribution in [0, 0.1) is 22.7 Å². The molecule has 0 bridgehead atoms. The maximum atomic E-state index is 13.7. The Bertz CT molecular complexity index is 2980. The Hall–Kier alpha value is -8.18. The second-order valence-corrected chi connectivity index (χ2v) is 13.5. The number of nitrogens with zero attached hydrogens (tertiary/aromatic N) is 11. The van der Waals surface area contributed by atoms with E-state index < -0.39 is 11.8 Å². The fourth-order valence-electron chi connectivity index (χ4n) is 7.07. The molecule has 0 aliphatic carbocycles. The van der Waals surface area contributed by atoms with Crippen LogP contribution in [0.4, 0.5) is 11.5 Å². The summed E-state index contributed by atoms with van der Waals surface area (Å²) < 4.78 is 8.99. The average Bonchev–Trinajstić information content (AvgIpc) is 3.91. The standard InChI is InChI=1S/C43H31N13O3/c44-21-27-6-1-3-9-31(27)34-12-13-40-47-23-36(55(40)52-34)43(58)51-39-11-5-8-30(49-39)25-54-18-19-59-26-38(54)33-20-35(32-10-4-2-7-28(32)22-45)53-56-37(24-48-41(33)56)42(57)50-29-14-16-46-17-15-29/h1-17,20,23-24,38H,18-19,25-26H2,(H,46,50,57)(H,49,51,58). The van der Waals surface area contributed by atoms with Crippen molar-refractivity contribution in [1.82, 2.24) is 44.1 Å². The lowest BCUT2D eigenvalue weighted by atomic mass is 10.0. The second kappa shape index (κ2) is 15.8. The van der Waals surface area contributed by atoms with Gasteiger partial charge in [-0.25, -0.2) is 24.0 Å². The number of aromatic nitrogens is 8. The fraction of sp³-hybridized carbons (Fsp3) is 0.116. The molecule has 9 rings (SSSR count). The lowest BCUT2D eigenvalue weighted by Crippen LogP contribution is -2.39. The van der Waals surface area contributed by atoms with Crippen LogP contribution in [0.3, 0.4) is 0 Å². The van der Waals surface area contributed by atoms with Gasteiger partial charge in [-0.3, -0.25) is 19.5 Å². The Morgan fingerprint density at radius 1 is 0.763 bits per heavy atom. The molecule has 1 saturated heterocycles. The summed E-state index contributed by atoms with van der Waals surface area (Å²) in [5, 5.41) is 34.9. The molecule has 8 aromatic rings. The van der Waals surface area contributed by atoms with Crippen LogP contribution in [0.1, 0.15) is 49.4 Å². The molecule has 1 unspecified atom stereocenters. The molecule has 1 aliphatic heterocycles. The zero-order valence-corrected chi connectivity index (χ0v) is 31.1. The summed E-state index contributed by atoms with van der Waals surface area (Å²) in [6, 6.07) is 32.6. The van der Waals surface area contributed by atoms with E-state index in [9.17, 15) is 20.1 Å². The van der Waals surface area contributed by atoms with Gasteiger partial charge in [0.05, 0.1) is 72.0 Å². The first-order valence-electron chi connectivity index (χ1n) is 18.5. The number of nitrogens with one attached hydrogen (secondary N) is 2. The number of anilines is 2. The summed E-state index contributed by atoms with van der Waals surface area (Å²) >= 11 is 0. The summed E-state index contributed by atoms with van der Waals surface area (Å²) in [7, 11) is 0. The van der Waals surface area contributed by atoms with Crippen molar-refractivity contribution in [2.45, 2.75) is 12.6 Å². The number of morpholine rings is 1. The molecule has 2 amide bonds. The molecule has 2 N–H and O–H groups in total. The monoisotopic (exact) mass is 777 g/mol. The number of nitriles is 2. The lowest BCUT2D eigenvalue weighted by molar-refractivity contribution is -0.0129. The summed E-state index contributed by atoms with van der Waals surface area (Å²) in [4.78, 5) is 47.4. The van der Waals surface area contributed by atoms with E-state index >= 15 is 0 Å². The van der Waals surface area contributed by atoms with Crippen molar-refractivity contribution in [1.29, 1.82) is 10.5 Å². The molecular weight excluding hydrogens is 747 g/mol. The van der Waals surface area contributed by atoms with Crippen molar-refractivity contribution in [2.75, 3.05) is 30.4 Å². The quantitative estimate of drug-likeness (QED) is 0.181. The topological polar surface area (TPSA) is 204 Å². The van der Waals surface area contributed by atoms with Crippen LogP contribution in [0.25, 0.3) is 33.8 Å². The van der Waals surface area contributed by atoms with Crippen LogP contribution in [0.5, 0.6) is 0 Å². The highest BCUT2D eigenvalue weighted by Crippen LogP contribution is 2.33. The molecule has 1 fully saturated rings. The normalized spacial score (nSPS) is 14.1. The molecule has 1 aliphatic rings. The molecular formula is C43H31N13O3. The number of ether oxygens (including phenoxy) is 1. The minimum Gasteiger partial charge on any atom is -0.378 e. The number of benzene rings is 2. The first-order valence-corrected chi connectivity index (χ1v) is 18.5. The predicted molar refractivity (Wildman–Crippen MR) is 215 cm³/mol. The van der Waals surface area contributed by atoms with E-state index in [4.69, 9.17) is 14.8 Å². The van der Waals surface area contributed by atoms with Crippen molar-refractivity contribution in [3.63, 3.8) is 0 Å². The van der Waals surface area contributed by atoms with E-state index in [1.807, 2.05) is 36.4 Å². The van der Waals surface area contributed by atoms with Gasteiger partial charge in [0.25, 0.3) is 11.8 Å². The van der Waals surface area contributed by atoms with Crippen LogP contribution in [-0.4, -0.2) is 75.6 Å². The Kier molecular flexibility index (Phi) is 9.73. The van der Waals surface area contributed by atoms with Crippen LogP contribution >= 0.6 is 0 Å². The number of imidazole rings is 2. The number of fused-ring (bicyclic) bond motifs is 2. The van der Waals surface area contributed by atoms with Gasteiger partial charge in [-0.2, -0.15) is 20.7 Å². The minimum atomic E-state index is -0.461. The smallest absolute Gasteiger partial charge is 0.277 e. The van der Waals surface area contributed by atoms with Crippen LogP contribution in [0.15, 0.2) is 122 Å². The first-order chi connectivity index (χ1) is 29.0. The van der Waals surface area contributed by atoms with E-state index in [1.54, 1.807) is 73.1 Å². The largest absolute Gasteiger partial charge is 0.378 e. The van der Waals surface area contributed by atoms with Gasteiger partial charge >= 0.3 is 0 Å². The van der Waals surface area contributed by atoms with Gasteiger partial charge in [-0.1, -0.05) is 42.5 Å². The minimum absolute atomic E-state index is 0.195. The number of hydrogen-bond acceptors (Lipinski definition) is 12. The van der Waals surface area contributed by atoms with Gasteiger partial charge in [-0.15, -0.1) is 0 Å².